The van der Waals surface area contributed by atoms with E-state index < -0.39 is 28.3 Å². The van der Waals surface area contributed by atoms with Crippen molar-refractivity contribution < 1.29 is 17.8 Å². The molecule has 1 amide bonds. The summed E-state index contributed by atoms with van der Waals surface area (Å²) < 4.78 is 37.4. The van der Waals surface area contributed by atoms with Gasteiger partial charge in [0.2, 0.25) is 0 Å². The van der Waals surface area contributed by atoms with Crippen LogP contribution in [-0.4, -0.2) is 16.4 Å². The fourth-order valence-corrected chi connectivity index (χ4v) is 2.72. The highest BCUT2D eigenvalue weighted by Crippen LogP contribution is 2.21. The smallest absolute Gasteiger partial charge is 0.255 e. The van der Waals surface area contributed by atoms with Gasteiger partial charge in [0.15, 0.2) is 11.6 Å². The molecule has 0 fully saturated rings. The van der Waals surface area contributed by atoms with Crippen LogP contribution in [0.5, 0.6) is 0 Å². The van der Waals surface area contributed by atoms with Crippen LogP contribution in [0.3, 0.4) is 0 Å². The largest absolute Gasteiger partial charge is 0.322 e. The SMILES string of the molecule is CS(=O)c1cc(C(=O)Nc2ccc(F)c(F)c2)ccc1Cl. The zero-order valence-electron chi connectivity index (χ0n) is 10.8. The third-order valence-electron chi connectivity index (χ3n) is 2.68. The van der Waals surface area contributed by atoms with E-state index in [9.17, 15) is 17.8 Å². The number of hydrogen-bond donors (Lipinski definition) is 1. The normalized spacial score (nSPS) is 12.0. The molecule has 0 saturated heterocycles. The van der Waals surface area contributed by atoms with Crippen molar-refractivity contribution in [3.8, 4) is 0 Å². The molecule has 0 aliphatic rings. The molecule has 110 valence electrons. The molecule has 1 N–H and O–H groups in total. The second-order valence-corrected chi connectivity index (χ2v) is 5.94. The Morgan fingerprint density at radius 1 is 1.14 bits per heavy atom. The second-order valence-electron chi connectivity index (χ2n) is 4.18. The predicted octanol–water partition coefficient (Wildman–Crippen LogP) is 3.61. The van der Waals surface area contributed by atoms with Crippen LogP contribution in [0.4, 0.5) is 14.5 Å². The first kappa shape index (κ1) is 15.6. The molecule has 21 heavy (non-hydrogen) atoms. The molecule has 1 unspecified atom stereocenters. The van der Waals surface area contributed by atoms with Crippen molar-refractivity contribution in [2.45, 2.75) is 4.90 Å². The first-order valence-corrected chi connectivity index (χ1v) is 7.71. The zero-order chi connectivity index (χ0) is 15.6. The van der Waals surface area contributed by atoms with Crippen molar-refractivity contribution in [3.05, 3.63) is 58.6 Å². The summed E-state index contributed by atoms with van der Waals surface area (Å²) in [5.41, 5.74) is 0.336. The number of anilines is 1. The number of halogens is 3. The number of carbonyl (C=O) groups is 1. The van der Waals surface area contributed by atoms with Gasteiger partial charge in [0.25, 0.3) is 5.91 Å². The lowest BCUT2D eigenvalue weighted by Gasteiger charge is -2.07. The van der Waals surface area contributed by atoms with Gasteiger partial charge in [-0.1, -0.05) is 11.6 Å². The molecule has 3 nitrogen and oxygen atoms in total. The van der Waals surface area contributed by atoms with Crippen LogP contribution < -0.4 is 5.32 Å². The number of benzene rings is 2. The molecule has 2 aromatic carbocycles. The van der Waals surface area contributed by atoms with E-state index >= 15 is 0 Å². The van der Waals surface area contributed by atoms with Crippen molar-refractivity contribution in [3.63, 3.8) is 0 Å². The predicted molar refractivity (Wildman–Crippen MR) is 78.1 cm³/mol. The van der Waals surface area contributed by atoms with E-state index in [2.05, 4.69) is 5.32 Å². The van der Waals surface area contributed by atoms with Gasteiger partial charge in [-0.15, -0.1) is 0 Å². The minimum atomic E-state index is -1.34. The van der Waals surface area contributed by atoms with Gasteiger partial charge >= 0.3 is 0 Å². The lowest BCUT2D eigenvalue weighted by molar-refractivity contribution is 0.102. The Kier molecular flexibility index (Phi) is 4.69. The molecular weight excluding hydrogens is 320 g/mol. The Labute approximate surface area is 127 Å². The molecule has 0 spiro atoms. The van der Waals surface area contributed by atoms with Crippen LogP contribution >= 0.6 is 11.6 Å². The average molecular weight is 330 g/mol. The Bertz CT molecular complexity index is 737. The quantitative estimate of drug-likeness (QED) is 0.935. The van der Waals surface area contributed by atoms with Crippen LogP contribution in [0.25, 0.3) is 0 Å². The standard InChI is InChI=1S/C14H10ClF2NO2S/c1-21(20)13-6-8(2-4-10(13)15)14(19)18-9-3-5-11(16)12(17)7-9/h2-7H,1H3,(H,18,19). The Morgan fingerprint density at radius 2 is 1.86 bits per heavy atom. The highest BCUT2D eigenvalue weighted by Gasteiger charge is 2.12. The lowest BCUT2D eigenvalue weighted by atomic mass is 10.2. The van der Waals surface area contributed by atoms with Crippen LogP contribution in [-0.2, 0) is 10.8 Å². The monoisotopic (exact) mass is 329 g/mol. The third-order valence-corrected chi connectivity index (χ3v) is 4.08. The van der Waals surface area contributed by atoms with E-state index in [-0.39, 0.29) is 11.3 Å². The van der Waals surface area contributed by atoms with Gasteiger partial charge in [0, 0.05) is 23.6 Å². The van der Waals surface area contributed by atoms with E-state index in [0.29, 0.717) is 9.92 Å². The van der Waals surface area contributed by atoms with Gasteiger partial charge < -0.3 is 5.32 Å². The summed E-state index contributed by atoms with van der Waals surface area (Å²) in [7, 11) is -1.34. The van der Waals surface area contributed by atoms with Crippen molar-refractivity contribution in [2.24, 2.45) is 0 Å². The minimum absolute atomic E-state index is 0.119. The molecule has 0 radical (unpaired) electrons. The van der Waals surface area contributed by atoms with Gasteiger partial charge in [-0.05, 0) is 30.3 Å². The van der Waals surface area contributed by atoms with E-state index in [1.807, 2.05) is 0 Å². The van der Waals surface area contributed by atoms with Crippen molar-refractivity contribution >= 4 is 34.0 Å². The maximum atomic E-state index is 13.1. The van der Waals surface area contributed by atoms with Gasteiger partial charge in [-0.25, -0.2) is 8.78 Å². The Balaban J connectivity index is 2.26. The minimum Gasteiger partial charge on any atom is -0.322 e. The first-order valence-electron chi connectivity index (χ1n) is 5.78. The fourth-order valence-electron chi connectivity index (χ4n) is 1.64. The van der Waals surface area contributed by atoms with Gasteiger partial charge in [0.1, 0.15) is 0 Å². The van der Waals surface area contributed by atoms with Gasteiger partial charge in [0.05, 0.1) is 20.7 Å². The highest BCUT2D eigenvalue weighted by molar-refractivity contribution is 7.84. The van der Waals surface area contributed by atoms with E-state index in [0.717, 1.165) is 12.1 Å². The van der Waals surface area contributed by atoms with E-state index in [1.54, 1.807) is 0 Å². The van der Waals surface area contributed by atoms with Gasteiger partial charge in [-0.2, -0.15) is 0 Å². The highest BCUT2D eigenvalue weighted by atomic mass is 35.5. The zero-order valence-corrected chi connectivity index (χ0v) is 12.4. The Morgan fingerprint density at radius 3 is 2.48 bits per heavy atom. The van der Waals surface area contributed by atoms with Crippen molar-refractivity contribution in [1.29, 1.82) is 0 Å². The van der Waals surface area contributed by atoms with Crippen molar-refractivity contribution in [1.82, 2.24) is 0 Å². The summed E-state index contributed by atoms with van der Waals surface area (Å²) >= 11 is 5.88. The molecule has 1 atom stereocenters. The summed E-state index contributed by atoms with van der Waals surface area (Å²) in [5, 5.41) is 2.72. The first-order chi connectivity index (χ1) is 9.88. The maximum Gasteiger partial charge on any atom is 0.255 e. The number of amides is 1. The second kappa shape index (κ2) is 6.32. The third kappa shape index (κ3) is 3.65. The van der Waals surface area contributed by atoms with Crippen molar-refractivity contribution in [2.75, 3.05) is 11.6 Å². The number of carbonyl (C=O) groups excluding carboxylic acids is 1. The lowest BCUT2D eigenvalue weighted by Crippen LogP contribution is -2.12. The number of rotatable bonds is 3. The molecular formula is C14H10ClF2NO2S. The average Bonchev–Trinajstić information content (AvgIpc) is 2.43. The van der Waals surface area contributed by atoms with Crippen LogP contribution in [0.2, 0.25) is 5.02 Å². The molecule has 2 rings (SSSR count). The number of nitrogens with one attached hydrogen (secondary N) is 1. The molecule has 7 heteroatoms. The fraction of sp³-hybridized carbons (Fsp3) is 0.0714. The number of hydrogen-bond acceptors (Lipinski definition) is 2. The Hall–Kier alpha value is -1.79. The van der Waals surface area contributed by atoms with Crippen LogP contribution in [0.1, 0.15) is 10.4 Å². The summed E-state index contributed by atoms with van der Waals surface area (Å²) in [5.74, 6) is -2.59. The van der Waals surface area contributed by atoms with Crippen LogP contribution in [0, 0.1) is 11.6 Å². The molecule has 2 aromatic rings. The summed E-state index contributed by atoms with van der Waals surface area (Å²) in [6.45, 7) is 0. The van der Waals surface area contributed by atoms with E-state index in [1.165, 1.54) is 30.5 Å². The molecule has 0 aromatic heterocycles. The summed E-state index contributed by atoms with van der Waals surface area (Å²) in [6, 6.07) is 7.34. The molecule has 0 aliphatic heterocycles. The maximum absolute atomic E-state index is 13.1. The van der Waals surface area contributed by atoms with Crippen LogP contribution in [0.15, 0.2) is 41.3 Å². The summed E-state index contributed by atoms with van der Waals surface area (Å²) in [4.78, 5) is 12.4. The van der Waals surface area contributed by atoms with E-state index in [4.69, 9.17) is 11.6 Å². The molecule has 0 saturated carbocycles. The molecule has 0 heterocycles. The van der Waals surface area contributed by atoms with Gasteiger partial charge in [-0.3, -0.25) is 9.00 Å². The molecule has 0 aliphatic carbocycles. The summed E-state index contributed by atoms with van der Waals surface area (Å²) in [6.07, 6.45) is 1.44. The molecule has 0 bridgehead atoms. The topological polar surface area (TPSA) is 46.2 Å².